The predicted octanol–water partition coefficient (Wildman–Crippen LogP) is 5.88. The van der Waals surface area contributed by atoms with Crippen LogP contribution in [0.15, 0.2) is 71.6 Å². The number of anilines is 1. The number of carbonyl (C=O) groups is 1. The van der Waals surface area contributed by atoms with Crippen LogP contribution >= 0.6 is 11.3 Å². The van der Waals surface area contributed by atoms with E-state index >= 15 is 0 Å². The molecule has 0 radical (unpaired) electrons. The first-order valence-electron chi connectivity index (χ1n) is 10.3. The van der Waals surface area contributed by atoms with Crippen molar-refractivity contribution in [2.24, 2.45) is 0 Å². The number of aryl methyl sites for hydroxylation is 1. The normalized spacial score (nSPS) is 12.1. The standard InChI is InChI=1S/C24H18F4N2O4S2/c1-14-18-4-2-3-5-21(18)35-23(14)30(13-15-6-11-20(25)19(12-15)24(26,27)28)36(33,34)17-9-7-16(8-10-17)22(31)29-32/h2-12,32H,13H2,1H3,(H,29,31). The van der Waals surface area contributed by atoms with E-state index in [1.807, 2.05) is 0 Å². The summed E-state index contributed by atoms with van der Waals surface area (Å²) in [6, 6.07) is 14.2. The molecule has 6 nitrogen and oxygen atoms in total. The molecule has 0 atom stereocenters. The molecule has 0 saturated heterocycles. The quantitative estimate of drug-likeness (QED) is 0.182. The number of rotatable bonds is 6. The molecule has 2 N–H and O–H groups in total. The van der Waals surface area contributed by atoms with Gasteiger partial charge >= 0.3 is 6.18 Å². The van der Waals surface area contributed by atoms with Crippen LogP contribution in [0, 0.1) is 12.7 Å². The molecule has 12 heteroatoms. The van der Waals surface area contributed by atoms with Crippen LogP contribution in [0.2, 0.25) is 0 Å². The fourth-order valence-electron chi connectivity index (χ4n) is 3.69. The molecule has 0 bridgehead atoms. The van der Waals surface area contributed by atoms with Crippen molar-refractivity contribution in [3.05, 3.63) is 94.8 Å². The van der Waals surface area contributed by atoms with Gasteiger partial charge in [0.1, 0.15) is 10.8 Å². The van der Waals surface area contributed by atoms with Crippen molar-refractivity contribution in [1.29, 1.82) is 0 Å². The van der Waals surface area contributed by atoms with Crippen LogP contribution < -0.4 is 9.79 Å². The SMILES string of the molecule is Cc1c(N(Cc2ccc(F)c(C(F)(F)F)c2)S(=O)(=O)c2ccc(C(=O)NO)cc2)sc2ccccc12. The number of hydrogen-bond donors (Lipinski definition) is 2. The van der Waals surface area contributed by atoms with Crippen LogP contribution in [0.4, 0.5) is 22.6 Å². The molecule has 1 heterocycles. The van der Waals surface area contributed by atoms with Gasteiger partial charge in [-0.15, -0.1) is 11.3 Å². The Bertz CT molecular complexity index is 1550. The van der Waals surface area contributed by atoms with Crippen LogP contribution in [-0.2, 0) is 22.7 Å². The number of alkyl halides is 3. The maximum Gasteiger partial charge on any atom is 0.419 e. The maximum absolute atomic E-state index is 13.9. The van der Waals surface area contributed by atoms with Crippen LogP contribution in [0.3, 0.4) is 0 Å². The van der Waals surface area contributed by atoms with Crippen molar-refractivity contribution < 1.29 is 36.0 Å². The van der Waals surface area contributed by atoms with Gasteiger partial charge in [-0.05, 0) is 65.9 Å². The molecule has 0 aliphatic rings. The molecule has 0 saturated carbocycles. The van der Waals surface area contributed by atoms with Crippen molar-refractivity contribution >= 4 is 42.4 Å². The van der Waals surface area contributed by atoms with Gasteiger partial charge in [0, 0.05) is 10.3 Å². The third kappa shape index (κ3) is 4.79. The van der Waals surface area contributed by atoms with Crippen LogP contribution in [0.5, 0.6) is 0 Å². The monoisotopic (exact) mass is 538 g/mol. The summed E-state index contributed by atoms with van der Waals surface area (Å²) in [5.41, 5.74) is 0.481. The molecule has 188 valence electrons. The fourth-order valence-corrected chi connectivity index (χ4v) is 6.62. The molecule has 4 rings (SSSR count). The Labute approximate surface area is 207 Å². The molecule has 36 heavy (non-hydrogen) atoms. The smallest absolute Gasteiger partial charge is 0.288 e. The Kier molecular flexibility index (Phi) is 6.78. The number of amides is 1. The summed E-state index contributed by atoms with van der Waals surface area (Å²) >= 11 is 1.15. The number of hydrogen-bond acceptors (Lipinski definition) is 5. The van der Waals surface area contributed by atoms with Gasteiger partial charge in [-0.25, -0.2) is 18.3 Å². The number of sulfonamides is 1. The lowest BCUT2D eigenvalue weighted by atomic mass is 10.1. The third-order valence-electron chi connectivity index (χ3n) is 5.51. The average molecular weight is 539 g/mol. The number of hydroxylamine groups is 1. The van der Waals surface area contributed by atoms with Gasteiger partial charge in [0.2, 0.25) is 0 Å². The van der Waals surface area contributed by atoms with E-state index in [0.29, 0.717) is 17.7 Å². The van der Waals surface area contributed by atoms with Crippen molar-refractivity contribution in [2.75, 3.05) is 4.31 Å². The summed E-state index contributed by atoms with van der Waals surface area (Å²) in [7, 11) is -4.36. The Balaban J connectivity index is 1.86. The minimum Gasteiger partial charge on any atom is -0.288 e. The van der Waals surface area contributed by atoms with Crippen molar-refractivity contribution in [1.82, 2.24) is 5.48 Å². The molecule has 0 spiro atoms. The van der Waals surface area contributed by atoms with Crippen LogP contribution in [0.25, 0.3) is 10.1 Å². The van der Waals surface area contributed by atoms with Gasteiger partial charge < -0.3 is 0 Å². The number of halogens is 4. The van der Waals surface area contributed by atoms with E-state index in [1.54, 1.807) is 31.2 Å². The highest BCUT2D eigenvalue weighted by Gasteiger charge is 2.35. The van der Waals surface area contributed by atoms with E-state index < -0.39 is 40.0 Å². The van der Waals surface area contributed by atoms with Gasteiger partial charge in [0.25, 0.3) is 15.9 Å². The number of nitrogens with zero attached hydrogens (tertiary/aromatic N) is 1. The molecule has 3 aromatic carbocycles. The van der Waals surface area contributed by atoms with E-state index in [-0.39, 0.29) is 21.0 Å². The minimum absolute atomic E-state index is 0.00519. The molecular formula is C24H18F4N2O4S2. The van der Waals surface area contributed by atoms with E-state index in [9.17, 15) is 30.8 Å². The first kappa shape index (κ1) is 25.6. The average Bonchev–Trinajstić information content (AvgIpc) is 3.18. The third-order valence-corrected chi connectivity index (χ3v) is 8.68. The Hall–Kier alpha value is -3.48. The second-order valence-corrected chi connectivity index (χ2v) is 10.7. The highest BCUT2D eigenvalue weighted by atomic mass is 32.2. The maximum atomic E-state index is 13.9. The molecule has 0 aliphatic carbocycles. The summed E-state index contributed by atoms with van der Waals surface area (Å²) in [6.45, 7) is 1.20. The Morgan fingerprint density at radius 1 is 1.06 bits per heavy atom. The van der Waals surface area contributed by atoms with Crippen molar-refractivity contribution in [3.63, 3.8) is 0 Å². The highest BCUT2D eigenvalue weighted by molar-refractivity contribution is 7.93. The van der Waals surface area contributed by atoms with E-state index in [1.165, 1.54) is 17.6 Å². The summed E-state index contributed by atoms with van der Waals surface area (Å²) < 4.78 is 83.0. The van der Waals surface area contributed by atoms with Crippen LogP contribution in [0.1, 0.15) is 27.0 Å². The highest BCUT2D eigenvalue weighted by Crippen LogP contribution is 2.41. The summed E-state index contributed by atoms with van der Waals surface area (Å²) in [5.74, 6) is -2.31. The fraction of sp³-hybridized carbons (Fsp3) is 0.125. The van der Waals surface area contributed by atoms with Gasteiger partial charge in [0.05, 0.1) is 17.0 Å². The largest absolute Gasteiger partial charge is 0.419 e. The Morgan fingerprint density at radius 3 is 2.33 bits per heavy atom. The predicted molar refractivity (Wildman–Crippen MR) is 127 cm³/mol. The molecule has 1 aromatic heterocycles. The molecule has 0 fully saturated rings. The first-order valence-corrected chi connectivity index (χ1v) is 12.6. The van der Waals surface area contributed by atoms with Gasteiger partial charge in [-0.3, -0.25) is 14.3 Å². The zero-order valence-corrected chi connectivity index (χ0v) is 20.1. The van der Waals surface area contributed by atoms with Crippen LogP contribution in [-0.4, -0.2) is 19.5 Å². The summed E-state index contributed by atoms with van der Waals surface area (Å²) in [5, 5.41) is 9.85. The minimum atomic E-state index is -4.96. The van der Waals surface area contributed by atoms with Gasteiger partial charge in [0.15, 0.2) is 0 Å². The lowest BCUT2D eigenvalue weighted by Crippen LogP contribution is -2.30. The van der Waals surface area contributed by atoms with Crippen molar-refractivity contribution in [2.45, 2.75) is 24.5 Å². The summed E-state index contributed by atoms with van der Waals surface area (Å²) in [4.78, 5) is 11.4. The number of carbonyl (C=O) groups excluding carboxylic acids is 1. The first-order chi connectivity index (χ1) is 16.9. The zero-order chi connectivity index (χ0) is 26.3. The van der Waals surface area contributed by atoms with E-state index in [4.69, 9.17) is 5.21 Å². The van der Waals surface area contributed by atoms with E-state index in [2.05, 4.69) is 0 Å². The summed E-state index contributed by atoms with van der Waals surface area (Å²) in [6.07, 6.45) is -4.96. The lowest BCUT2D eigenvalue weighted by molar-refractivity contribution is -0.140. The number of thiophene rings is 1. The molecule has 1 amide bonds. The zero-order valence-electron chi connectivity index (χ0n) is 18.5. The Morgan fingerprint density at radius 2 is 1.72 bits per heavy atom. The van der Waals surface area contributed by atoms with Gasteiger partial charge in [-0.1, -0.05) is 24.3 Å². The number of benzene rings is 3. The topological polar surface area (TPSA) is 86.7 Å². The second kappa shape index (κ2) is 9.52. The molecule has 4 aromatic rings. The van der Waals surface area contributed by atoms with Gasteiger partial charge in [-0.2, -0.15) is 13.2 Å². The second-order valence-electron chi connectivity index (χ2n) is 7.82. The molecule has 0 unspecified atom stereocenters. The van der Waals surface area contributed by atoms with Crippen molar-refractivity contribution in [3.8, 4) is 0 Å². The molecular weight excluding hydrogens is 520 g/mol. The number of nitrogens with one attached hydrogen (secondary N) is 1. The lowest BCUT2D eigenvalue weighted by Gasteiger charge is -2.24. The molecule has 0 aliphatic heterocycles. The van der Waals surface area contributed by atoms with E-state index in [0.717, 1.165) is 43.9 Å². The number of fused-ring (bicyclic) bond motifs is 1.